The number of anilines is 1. The number of ether oxygens (including phenoxy) is 2. The van der Waals surface area contributed by atoms with Crippen LogP contribution in [0.15, 0.2) is 72.8 Å². The number of carbonyl (C=O) groups is 2. The molecule has 0 atom stereocenters. The van der Waals surface area contributed by atoms with Crippen LogP contribution in [-0.4, -0.2) is 44.0 Å². The van der Waals surface area contributed by atoms with Crippen molar-refractivity contribution in [3.63, 3.8) is 0 Å². The predicted molar refractivity (Wildman–Crippen MR) is 116 cm³/mol. The van der Waals surface area contributed by atoms with Crippen molar-refractivity contribution in [1.29, 1.82) is 0 Å². The lowest BCUT2D eigenvalue weighted by Crippen LogP contribution is -2.31. The molecule has 0 radical (unpaired) electrons. The largest absolute Gasteiger partial charge is 0.497 e. The normalized spacial score (nSPS) is 10.3. The second-order valence-electron chi connectivity index (χ2n) is 6.73. The lowest BCUT2D eigenvalue weighted by atomic mass is 10.1. The monoisotopic (exact) mass is 422 g/mol. The number of carbonyl (C=O) groups excluding carboxylic acids is 2. The molecule has 0 unspecified atom stereocenters. The van der Waals surface area contributed by atoms with Gasteiger partial charge in [0.05, 0.1) is 24.9 Å². The lowest BCUT2D eigenvalue weighted by Gasteiger charge is -2.19. The first-order valence-corrected chi connectivity index (χ1v) is 9.67. The Balaban J connectivity index is 1.64. The van der Waals surface area contributed by atoms with Crippen molar-refractivity contribution in [3.05, 3.63) is 89.7 Å². The number of nitrogens with one attached hydrogen (secondary N) is 1. The van der Waals surface area contributed by atoms with Gasteiger partial charge in [0.1, 0.15) is 12.4 Å². The summed E-state index contributed by atoms with van der Waals surface area (Å²) in [5.74, 6) is -0.305. The van der Waals surface area contributed by atoms with E-state index in [2.05, 4.69) is 5.32 Å². The van der Waals surface area contributed by atoms with Crippen LogP contribution in [0.4, 0.5) is 10.1 Å². The van der Waals surface area contributed by atoms with E-state index in [9.17, 15) is 14.0 Å². The second kappa shape index (κ2) is 10.2. The number of halogens is 1. The zero-order chi connectivity index (χ0) is 22.2. The average Bonchev–Trinajstić information content (AvgIpc) is 2.80. The number of hydrogen-bond acceptors (Lipinski definition) is 4. The number of hydrogen-bond donors (Lipinski definition) is 1. The van der Waals surface area contributed by atoms with E-state index in [-0.39, 0.29) is 30.7 Å². The Morgan fingerprint density at radius 2 is 1.65 bits per heavy atom. The zero-order valence-corrected chi connectivity index (χ0v) is 17.3. The lowest BCUT2D eigenvalue weighted by molar-refractivity contribution is 0.0774. The first-order valence-electron chi connectivity index (χ1n) is 9.67. The average molecular weight is 422 g/mol. The number of para-hydroxylation sites is 2. The van der Waals surface area contributed by atoms with E-state index in [1.165, 1.54) is 17.0 Å². The molecule has 2 amide bonds. The molecular formula is C24H23FN2O4. The summed E-state index contributed by atoms with van der Waals surface area (Å²) in [6.45, 7) is 0.372. The summed E-state index contributed by atoms with van der Waals surface area (Å²) in [5.41, 5.74) is 1.18. The van der Waals surface area contributed by atoms with Gasteiger partial charge < -0.3 is 19.7 Å². The van der Waals surface area contributed by atoms with Gasteiger partial charge in [-0.1, -0.05) is 24.3 Å². The molecule has 0 fully saturated rings. The minimum absolute atomic E-state index is 0.129. The Kier molecular flexibility index (Phi) is 7.22. The Hall–Kier alpha value is -3.87. The summed E-state index contributed by atoms with van der Waals surface area (Å²) in [6.07, 6.45) is 0. The first-order chi connectivity index (χ1) is 15.0. The van der Waals surface area contributed by atoms with Crippen LogP contribution < -0.4 is 14.8 Å². The summed E-state index contributed by atoms with van der Waals surface area (Å²) in [4.78, 5) is 26.9. The van der Waals surface area contributed by atoms with E-state index in [1.807, 2.05) is 0 Å². The van der Waals surface area contributed by atoms with Gasteiger partial charge in [0, 0.05) is 12.6 Å². The fraction of sp³-hybridized carbons (Fsp3) is 0.167. The number of likely N-dealkylation sites (N-methyl/N-ethyl adjacent to an activating group) is 1. The minimum atomic E-state index is -0.455. The number of nitrogens with zero attached hydrogens (tertiary/aromatic N) is 1. The third-order valence-electron chi connectivity index (χ3n) is 4.63. The molecule has 31 heavy (non-hydrogen) atoms. The molecule has 0 saturated carbocycles. The summed E-state index contributed by atoms with van der Waals surface area (Å²) in [5, 5.41) is 2.78. The maximum atomic E-state index is 13.6. The van der Waals surface area contributed by atoms with Gasteiger partial charge in [-0.05, 0) is 48.5 Å². The van der Waals surface area contributed by atoms with Crippen LogP contribution in [0.25, 0.3) is 0 Å². The molecule has 7 heteroatoms. The Morgan fingerprint density at radius 1 is 0.968 bits per heavy atom. The summed E-state index contributed by atoms with van der Waals surface area (Å²) in [6, 6.07) is 19.5. The van der Waals surface area contributed by atoms with Crippen LogP contribution in [0, 0.1) is 5.82 Å². The van der Waals surface area contributed by atoms with Crippen molar-refractivity contribution in [1.82, 2.24) is 4.90 Å². The molecule has 0 heterocycles. The third-order valence-corrected chi connectivity index (χ3v) is 4.63. The topological polar surface area (TPSA) is 67.9 Å². The van der Waals surface area contributed by atoms with Gasteiger partial charge >= 0.3 is 0 Å². The smallest absolute Gasteiger partial charge is 0.255 e. The van der Waals surface area contributed by atoms with E-state index < -0.39 is 5.82 Å². The number of amides is 2. The van der Waals surface area contributed by atoms with Gasteiger partial charge in [0.15, 0.2) is 11.6 Å². The van der Waals surface area contributed by atoms with Crippen LogP contribution in [0.3, 0.4) is 0 Å². The molecule has 0 saturated heterocycles. The molecule has 0 aliphatic rings. The second-order valence-corrected chi connectivity index (χ2v) is 6.73. The molecule has 6 nitrogen and oxygen atoms in total. The van der Waals surface area contributed by atoms with Gasteiger partial charge in [0.25, 0.3) is 11.8 Å². The van der Waals surface area contributed by atoms with E-state index >= 15 is 0 Å². The van der Waals surface area contributed by atoms with Crippen LogP contribution in [0.1, 0.15) is 20.7 Å². The Morgan fingerprint density at radius 3 is 2.35 bits per heavy atom. The zero-order valence-electron chi connectivity index (χ0n) is 17.3. The van der Waals surface area contributed by atoms with Crippen molar-refractivity contribution in [2.45, 2.75) is 0 Å². The van der Waals surface area contributed by atoms with E-state index in [4.69, 9.17) is 9.47 Å². The summed E-state index contributed by atoms with van der Waals surface area (Å²) in [7, 11) is 3.17. The Bertz CT molecular complexity index is 1050. The highest BCUT2D eigenvalue weighted by atomic mass is 19.1. The predicted octanol–water partition coefficient (Wildman–Crippen LogP) is 4.24. The number of methoxy groups -OCH3 is 1. The summed E-state index contributed by atoms with van der Waals surface area (Å²) >= 11 is 0. The van der Waals surface area contributed by atoms with Crippen LogP contribution in [0.2, 0.25) is 0 Å². The molecule has 0 spiro atoms. The maximum Gasteiger partial charge on any atom is 0.255 e. The first kappa shape index (κ1) is 21.8. The molecule has 3 aromatic carbocycles. The van der Waals surface area contributed by atoms with Crippen LogP contribution >= 0.6 is 0 Å². The van der Waals surface area contributed by atoms with Crippen molar-refractivity contribution >= 4 is 17.5 Å². The van der Waals surface area contributed by atoms with Gasteiger partial charge in [-0.2, -0.15) is 0 Å². The molecular weight excluding hydrogens is 399 g/mol. The minimum Gasteiger partial charge on any atom is -0.497 e. The number of benzene rings is 3. The highest BCUT2D eigenvalue weighted by molar-refractivity contribution is 6.09. The molecule has 3 rings (SSSR count). The van der Waals surface area contributed by atoms with E-state index in [0.717, 1.165) is 0 Å². The highest BCUT2D eigenvalue weighted by Gasteiger charge is 2.17. The van der Waals surface area contributed by atoms with Gasteiger partial charge in [-0.25, -0.2) is 4.39 Å². The van der Waals surface area contributed by atoms with Crippen molar-refractivity contribution < 1.29 is 23.5 Å². The molecule has 0 bridgehead atoms. The van der Waals surface area contributed by atoms with Gasteiger partial charge in [-0.15, -0.1) is 0 Å². The molecule has 1 N–H and O–H groups in total. The fourth-order valence-corrected chi connectivity index (χ4v) is 2.88. The van der Waals surface area contributed by atoms with Crippen LogP contribution in [-0.2, 0) is 0 Å². The maximum absolute atomic E-state index is 13.6. The molecule has 160 valence electrons. The van der Waals surface area contributed by atoms with Crippen LogP contribution in [0.5, 0.6) is 11.5 Å². The molecule has 0 aliphatic heterocycles. The van der Waals surface area contributed by atoms with Crippen molar-refractivity contribution in [2.75, 3.05) is 32.6 Å². The highest BCUT2D eigenvalue weighted by Crippen LogP contribution is 2.20. The SMILES string of the molecule is COc1ccc(C(=O)Nc2ccccc2C(=O)N(C)CCOc2ccccc2F)cc1. The van der Waals surface area contributed by atoms with E-state index in [0.29, 0.717) is 22.6 Å². The molecule has 0 aliphatic carbocycles. The quantitative estimate of drug-likeness (QED) is 0.590. The Labute approximate surface area is 180 Å². The molecule has 0 aromatic heterocycles. The molecule has 3 aromatic rings. The van der Waals surface area contributed by atoms with Crippen molar-refractivity contribution in [2.24, 2.45) is 0 Å². The van der Waals surface area contributed by atoms with E-state index in [1.54, 1.807) is 74.8 Å². The fourth-order valence-electron chi connectivity index (χ4n) is 2.88. The standard InChI is InChI=1S/C24H23FN2O4/c1-27(15-16-31-22-10-6-4-8-20(22)25)24(29)19-7-3-5-9-21(19)26-23(28)17-11-13-18(30-2)14-12-17/h3-14H,15-16H2,1-2H3,(H,26,28). The summed E-state index contributed by atoms with van der Waals surface area (Å²) < 4.78 is 24.2. The van der Waals surface area contributed by atoms with Crippen molar-refractivity contribution in [3.8, 4) is 11.5 Å². The van der Waals surface area contributed by atoms with Gasteiger partial charge in [0.2, 0.25) is 0 Å². The number of rotatable bonds is 8. The van der Waals surface area contributed by atoms with Gasteiger partial charge in [-0.3, -0.25) is 9.59 Å². The third kappa shape index (κ3) is 5.60.